The molecule has 0 aromatic heterocycles. The molecule has 4 aromatic carbocycles. The van der Waals surface area contributed by atoms with E-state index in [4.69, 9.17) is 9.47 Å². The topological polar surface area (TPSA) is 117 Å². The second kappa shape index (κ2) is 17.8. The summed E-state index contributed by atoms with van der Waals surface area (Å²) in [6.45, 7) is 2.12. The van der Waals surface area contributed by atoms with Gasteiger partial charge < -0.3 is 25.0 Å². The number of methoxy groups -OCH3 is 1. The number of ether oxygens (including phenoxy) is 2. The van der Waals surface area contributed by atoms with E-state index in [1.54, 1.807) is 4.90 Å². The lowest BCUT2D eigenvalue weighted by Gasteiger charge is -2.48. The third kappa shape index (κ3) is 9.79. The molecule has 2 N–H and O–H groups in total. The Labute approximate surface area is 293 Å². The predicted molar refractivity (Wildman–Crippen MR) is 189 cm³/mol. The number of alkyl carbamates (subject to hydrolysis) is 1. The van der Waals surface area contributed by atoms with Crippen LogP contribution in [0, 0.1) is 0 Å². The van der Waals surface area contributed by atoms with Crippen LogP contribution in [0.1, 0.15) is 41.5 Å². The number of esters is 1. The Morgan fingerprint density at radius 1 is 0.740 bits per heavy atom. The molecule has 10 heteroatoms. The minimum absolute atomic E-state index is 0.0252. The van der Waals surface area contributed by atoms with Crippen LogP contribution in [0.25, 0.3) is 0 Å². The molecule has 50 heavy (non-hydrogen) atoms. The van der Waals surface area contributed by atoms with E-state index in [0.717, 1.165) is 22.3 Å². The molecule has 10 nitrogen and oxygen atoms in total. The maximum Gasteiger partial charge on any atom is 0.408 e. The second-order valence-corrected chi connectivity index (χ2v) is 12.4. The third-order valence-electron chi connectivity index (χ3n) is 9.02. The average molecular weight is 677 g/mol. The van der Waals surface area contributed by atoms with Crippen molar-refractivity contribution in [3.63, 3.8) is 0 Å². The number of likely N-dealkylation sites (tertiary alicyclic amines) is 1. The monoisotopic (exact) mass is 676 g/mol. The van der Waals surface area contributed by atoms with Crippen molar-refractivity contribution in [2.75, 3.05) is 20.2 Å². The van der Waals surface area contributed by atoms with Gasteiger partial charge in [0.15, 0.2) is 0 Å². The SMILES string of the molecule is COC(=O)C[C@H](NC(=O)OCc1ccccc1)C(=O)N(Cc1ccccc1)C1(C(=O)NCc2ccccc2)CCN(Cc2ccccc2)CC1. The molecule has 1 atom stereocenters. The number of hydrogen-bond acceptors (Lipinski definition) is 7. The molecular formula is C40H44N4O6. The van der Waals surface area contributed by atoms with Crippen molar-refractivity contribution in [2.24, 2.45) is 0 Å². The van der Waals surface area contributed by atoms with E-state index in [2.05, 4.69) is 27.7 Å². The van der Waals surface area contributed by atoms with Crippen LogP contribution in [-0.2, 0) is 50.1 Å². The number of benzene rings is 4. The van der Waals surface area contributed by atoms with Gasteiger partial charge in [-0.25, -0.2) is 4.79 Å². The quantitative estimate of drug-likeness (QED) is 0.176. The lowest BCUT2D eigenvalue weighted by atomic mass is 9.83. The predicted octanol–water partition coefficient (Wildman–Crippen LogP) is 5.22. The van der Waals surface area contributed by atoms with Crippen molar-refractivity contribution in [1.29, 1.82) is 0 Å². The molecule has 1 saturated heterocycles. The summed E-state index contributed by atoms with van der Waals surface area (Å²) in [7, 11) is 1.22. The van der Waals surface area contributed by atoms with Gasteiger partial charge in [-0.15, -0.1) is 0 Å². The van der Waals surface area contributed by atoms with Crippen molar-refractivity contribution in [3.8, 4) is 0 Å². The summed E-state index contributed by atoms with van der Waals surface area (Å²) in [6.07, 6.45) is -0.635. The Morgan fingerprint density at radius 2 is 1.26 bits per heavy atom. The van der Waals surface area contributed by atoms with E-state index < -0.39 is 36.0 Å². The van der Waals surface area contributed by atoms with Crippen LogP contribution in [-0.4, -0.2) is 65.5 Å². The second-order valence-electron chi connectivity index (χ2n) is 12.4. The fourth-order valence-corrected chi connectivity index (χ4v) is 6.24. The smallest absolute Gasteiger partial charge is 0.408 e. The van der Waals surface area contributed by atoms with Gasteiger partial charge in [-0.1, -0.05) is 121 Å². The molecule has 0 bridgehead atoms. The van der Waals surface area contributed by atoms with E-state index in [9.17, 15) is 19.2 Å². The molecule has 1 aliphatic rings. The van der Waals surface area contributed by atoms with Gasteiger partial charge in [-0.2, -0.15) is 0 Å². The number of hydrogen-bond donors (Lipinski definition) is 2. The minimum atomic E-state index is -1.35. The van der Waals surface area contributed by atoms with Gasteiger partial charge in [0.25, 0.3) is 0 Å². The first-order chi connectivity index (χ1) is 24.4. The molecule has 4 aromatic rings. The fourth-order valence-electron chi connectivity index (χ4n) is 6.24. The van der Waals surface area contributed by atoms with Gasteiger partial charge in [-0.05, 0) is 35.1 Å². The van der Waals surface area contributed by atoms with Crippen molar-refractivity contribution >= 4 is 23.9 Å². The first-order valence-electron chi connectivity index (χ1n) is 16.8. The van der Waals surface area contributed by atoms with Crippen molar-refractivity contribution in [1.82, 2.24) is 20.4 Å². The van der Waals surface area contributed by atoms with Crippen LogP contribution in [0.4, 0.5) is 4.79 Å². The van der Waals surface area contributed by atoms with Crippen LogP contribution < -0.4 is 10.6 Å². The minimum Gasteiger partial charge on any atom is -0.469 e. The molecular weight excluding hydrogens is 632 g/mol. The standard InChI is InChI=1S/C40H44N4O6/c1-49-36(45)26-35(42-39(48)50-30-34-20-12-5-13-21-34)37(46)44(29-33-18-10-4-11-19-33)40(38(47)41-27-31-14-6-2-7-15-31)22-24-43(25-23-40)28-32-16-8-3-9-17-32/h2-21,35H,22-30H2,1H3,(H,41,47)(H,42,48)/t35-/m0/s1. The van der Waals surface area contributed by atoms with Crippen molar-refractivity contribution < 1.29 is 28.7 Å². The molecule has 5 rings (SSSR count). The highest BCUT2D eigenvalue weighted by atomic mass is 16.5. The van der Waals surface area contributed by atoms with Crippen LogP contribution in [0.3, 0.4) is 0 Å². The molecule has 0 aliphatic carbocycles. The molecule has 260 valence electrons. The lowest BCUT2D eigenvalue weighted by Crippen LogP contribution is -2.66. The van der Waals surface area contributed by atoms with E-state index in [0.29, 0.717) is 32.5 Å². The van der Waals surface area contributed by atoms with E-state index >= 15 is 0 Å². The Hall–Kier alpha value is -5.48. The van der Waals surface area contributed by atoms with Gasteiger partial charge in [-0.3, -0.25) is 19.3 Å². The number of carbonyl (C=O) groups is 4. The molecule has 1 heterocycles. The Balaban J connectivity index is 1.46. The molecule has 1 aliphatic heterocycles. The number of carbonyl (C=O) groups excluding carboxylic acids is 4. The summed E-state index contributed by atoms with van der Waals surface area (Å²) in [5.41, 5.74) is 2.34. The number of rotatable bonds is 14. The van der Waals surface area contributed by atoms with Crippen molar-refractivity contribution in [3.05, 3.63) is 144 Å². The van der Waals surface area contributed by atoms with E-state index in [-0.39, 0.29) is 25.6 Å². The molecule has 0 saturated carbocycles. The number of nitrogens with zero attached hydrogens (tertiary/aromatic N) is 2. The Morgan fingerprint density at radius 3 is 1.82 bits per heavy atom. The summed E-state index contributed by atoms with van der Waals surface area (Å²) in [6, 6.07) is 36.9. The number of nitrogens with one attached hydrogen (secondary N) is 2. The molecule has 1 fully saturated rings. The van der Waals surface area contributed by atoms with Gasteiger partial charge in [0, 0.05) is 32.7 Å². The summed E-state index contributed by atoms with van der Waals surface area (Å²) in [5.74, 6) is -1.57. The summed E-state index contributed by atoms with van der Waals surface area (Å²) in [5, 5.41) is 5.73. The largest absolute Gasteiger partial charge is 0.469 e. The maximum absolute atomic E-state index is 14.8. The van der Waals surface area contributed by atoms with E-state index in [1.807, 2.05) is 109 Å². The summed E-state index contributed by atoms with van der Waals surface area (Å²) < 4.78 is 10.4. The normalized spacial score (nSPS) is 14.5. The fraction of sp³-hybridized carbons (Fsp3) is 0.300. The number of piperidine rings is 1. The number of amides is 3. The van der Waals surface area contributed by atoms with Crippen LogP contribution >= 0.6 is 0 Å². The lowest BCUT2D eigenvalue weighted by molar-refractivity contribution is -0.156. The van der Waals surface area contributed by atoms with Crippen molar-refractivity contribution in [2.45, 2.75) is 57.1 Å². The van der Waals surface area contributed by atoms with Gasteiger partial charge in [0.05, 0.1) is 13.5 Å². The van der Waals surface area contributed by atoms with Gasteiger partial charge in [0.2, 0.25) is 11.8 Å². The van der Waals surface area contributed by atoms with Crippen LogP contribution in [0.5, 0.6) is 0 Å². The van der Waals surface area contributed by atoms with Gasteiger partial charge >= 0.3 is 12.1 Å². The van der Waals surface area contributed by atoms with Crippen LogP contribution in [0.15, 0.2) is 121 Å². The zero-order valence-corrected chi connectivity index (χ0v) is 28.3. The van der Waals surface area contributed by atoms with Crippen LogP contribution in [0.2, 0.25) is 0 Å². The van der Waals surface area contributed by atoms with E-state index in [1.165, 1.54) is 7.11 Å². The summed E-state index contributed by atoms with van der Waals surface area (Å²) >= 11 is 0. The highest BCUT2D eigenvalue weighted by molar-refractivity contribution is 5.96. The molecule has 3 amide bonds. The first kappa shape index (κ1) is 35.8. The molecule has 0 spiro atoms. The zero-order valence-electron chi connectivity index (χ0n) is 28.3. The third-order valence-corrected chi connectivity index (χ3v) is 9.02. The highest BCUT2D eigenvalue weighted by Crippen LogP contribution is 2.33. The highest BCUT2D eigenvalue weighted by Gasteiger charge is 2.50. The summed E-state index contributed by atoms with van der Waals surface area (Å²) in [4.78, 5) is 59.0. The maximum atomic E-state index is 14.8. The molecule has 0 unspecified atom stereocenters. The molecule has 0 radical (unpaired) electrons. The van der Waals surface area contributed by atoms with Gasteiger partial charge in [0.1, 0.15) is 18.2 Å². The Kier molecular flexibility index (Phi) is 12.7. The Bertz CT molecular complexity index is 1680. The average Bonchev–Trinajstić information content (AvgIpc) is 3.16. The first-order valence-corrected chi connectivity index (χ1v) is 16.8. The zero-order chi connectivity index (χ0) is 35.2.